The van der Waals surface area contributed by atoms with Crippen LogP contribution in [-0.4, -0.2) is 73.4 Å². The van der Waals surface area contributed by atoms with Gasteiger partial charge in [0.25, 0.3) is 0 Å². The molecular weight excluding hydrogens is 659 g/mol. The van der Waals surface area contributed by atoms with Crippen LogP contribution in [0, 0.1) is 0 Å². The van der Waals surface area contributed by atoms with E-state index in [0.717, 1.165) is 19.3 Å². The normalized spacial score (nSPS) is 14.6. The predicted octanol–water partition coefficient (Wildman–Crippen LogP) is 11.6. The molecule has 0 aromatic rings. The highest BCUT2D eigenvalue weighted by Crippen LogP contribution is 2.43. The van der Waals surface area contributed by atoms with Gasteiger partial charge in [-0.05, 0) is 12.8 Å². The maximum atomic E-state index is 12.2. The van der Waals surface area contributed by atoms with Gasteiger partial charge in [0, 0.05) is 6.92 Å². The van der Waals surface area contributed by atoms with Crippen molar-refractivity contribution < 1.29 is 32.9 Å². The average Bonchev–Trinajstić information content (AvgIpc) is 3.06. The van der Waals surface area contributed by atoms with E-state index in [1.165, 1.54) is 174 Å². The van der Waals surface area contributed by atoms with Crippen molar-refractivity contribution in [2.75, 3.05) is 40.9 Å². The number of unbranched alkanes of at least 4 members (excludes halogenated alkanes) is 28. The number of phosphoric acid groups is 1. The summed E-state index contributed by atoms with van der Waals surface area (Å²) in [5.41, 5.74) is 0. The third-order valence-electron chi connectivity index (χ3n) is 9.79. The molecule has 0 fully saturated rings. The Morgan fingerprint density at radius 1 is 0.647 bits per heavy atom. The van der Waals surface area contributed by atoms with Gasteiger partial charge >= 0.3 is 7.82 Å². The van der Waals surface area contributed by atoms with E-state index in [4.69, 9.17) is 9.05 Å². The standard InChI is InChI=1S/C42H85N2O6P/c1-6-7-8-9-10-11-12-13-14-15-16-17-18-19-20-21-22-23-24-25-26-27-28-29-30-31-32-33-34-35-36-42(46)41(43-40(2)45)39-50-51(47,48)49-38-37-44(3,4)5/h35-36,41-42,46H,6-34,37-39H2,1-5H3,(H-,43,45,47,48)/p+1/b36-35+. The number of hydrogen-bond donors (Lipinski definition) is 3. The summed E-state index contributed by atoms with van der Waals surface area (Å²) in [4.78, 5) is 21.6. The molecule has 3 unspecified atom stereocenters. The van der Waals surface area contributed by atoms with Crippen LogP contribution < -0.4 is 5.32 Å². The molecule has 3 atom stereocenters. The highest BCUT2D eigenvalue weighted by atomic mass is 31.2. The second-order valence-corrected chi connectivity index (χ2v) is 17.6. The number of quaternary nitrogens is 1. The fourth-order valence-corrected chi connectivity index (χ4v) is 7.17. The molecule has 0 aliphatic carbocycles. The SMILES string of the molecule is CCCCCCCCCCCCCCCCCCCCCCCCCCCCCC/C=C/C(O)C(COP(=O)(O)OCC[N+](C)(C)C)NC(C)=O. The van der Waals surface area contributed by atoms with Gasteiger partial charge in [-0.1, -0.05) is 192 Å². The molecule has 51 heavy (non-hydrogen) atoms. The predicted molar refractivity (Wildman–Crippen MR) is 217 cm³/mol. The molecule has 0 spiro atoms. The number of rotatable bonds is 39. The number of nitrogens with zero attached hydrogens (tertiary/aromatic N) is 1. The quantitative estimate of drug-likeness (QED) is 0.0250. The zero-order valence-corrected chi connectivity index (χ0v) is 35.3. The van der Waals surface area contributed by atoms with Crippen molar-refractivity contribution in [2.24, 2.45) is 0 Å². The Morgan fingerprint density at radius 2 is 1.00 bits per heavy atom. The number of allylic oxidation sites excluding steroid dienone is 1. The number of likely N-dealkylation sites (N-methyl/N-ethyl adjacent to an activating group) is 1. The molecule has 304 valence electrons. The number of carbonyl (C=O) groups excluding carboxylic acids is 1. The maximum Gasteiger partial charge on any atom is 0.472 e. The van der Waals surface area contributed by atoms with Crippen molar-refractivity contribution in [3.05, 3.63) is 12.2 Å². The monoisotopic (exact) mass is 746 g/mol. The van der Waals surface area contributed by atoms with Gasteiger partial charge in [0.1, 0.15) is 13.2 Å². The van der Waals surface area contributed by atoms with Crippen LogP contribution in [0.15, 0.2) is 12.2 Å². The molecule has 0 aliphatic rings. The number of carbonyl (C=O) groups is 1. The van der Waals surface area contributed by atoms with Gasteiger partial charge in [-0.15, -0.1) is 0 Å². The number of aliphatic hydroxyl groups excluding tert-OH is 1. The molecule has 1 amide bonds. The van der Waals surface area contributed by atoms with Gasteiger partial charge in [-0.2, -0.15) is 0 Å². The minimum Gasteiger partial charge on any atom is -0.387 e. The lowest BCUT2D eigenvalue weighted by atomic mass is 10.0. The van der Waals surface area contributed by atoms with Crippen molar-refractivity contribution in [1.29, 1.82) is 0 Å². The van der Waals surface area contributed by atoms with Crippen LogP contribution in [0.25, 0.3) is 0 Å². The van der Waals surface area contributed by atoms with Crippen molar-refractivity contribution in [3.63, 3.8) is 0 Å². The summed E-state index contributed by atoms with van der Waals surface area (Å²) >= 11 is 0. The first-order valence-electron chi connectivity index (χ1n) is 21.5. The lowest BCUT2D eigenvalue weighted by molar-refractivity contribution is -0.870. The Balaban J connectivity index is 3.59. The van der Waals surface area contributed by atoms with E-state index in [9.17, 15) is 19.4 Å². The topological polar surface area (TPSA) is 105 Å². The molecule has 0 radical (unpaired) electrons. The van der Waals surface area contributed by atoms with Gasteiger partial charge in [-0.25, -0.2) is 4.57 Å². The van der Waals surface area contributed by atoms with Crippen molar-refractivity contribution in [3.8, 4) is 0 Å². The van der Waals surface area contributed by atoms with Crippen LogP contribution in [0.4, 0.5) is 0 Å². The number of phosphoric ester groups is 1. The second kappa shape index (κ2) is 35.0. The molecule has 0 aliphatic heterocycles. The molecule has 0 aromatic heterocycles. The first-order valence-corrected chi connectivity index (χ1v) is 23.0. The fourth-order valence-electron chi connectivity index (χ4n) is 6.43. The zero-order chi connectivity index (χ0) is 37.9. The van der Waals surface area contributed by atoms with E-state index in [1.54, 1.807) is 6.08 Å². The molecular formula is C42H86N2O6P+. The molecule has 0 heterocycles. The Labute approximate surface area is 316 Å². The van der Waals surface area contributed by atoms with Gasteiger partial charge in [0.15, 0.2) is 0 Å². The minimum absolute atomic E-state index is 0.0597. The summed E-state index contributed by atoms with van der Waals surface area (Å²) in [6.07, 6.45) is 42.3. The Kier molecular flexibility index (Phi) is 34.5. The highest BCUT2D eigenvalue weighted by Gasteiger charge is 2.27. The van der Waals surface area contributed by atoms with Crippen molar-refractivity contribution >= 4 is 13.7 Å². The van der Waals surface area contributed by atoms with Gasteiger partial charge in [0.2, 0.25) is 5.91 Å². The van der Waals surface area contributed by atoms with E-state index < -0.39 is 20.0 Å². The number of aliphatic hydroxyl groups is 1. The van der Waals surface area contributed by atoms with Crippen LogP contribution in [0.5, 0.6) is 0 Å². The largest absolute Gasteiger partial charge is 0.472 e. The smallest absolute Gasteiger partial charge is 0.387 e. The second-order valence-electron chi connectivity index (χ2n) is 16.2. The molecule has 0 saturated heterocycles. The highest BCUT2D eigenvalue weighted by molar-refractivity contribution is 7.47. The summed E-state index contributed by atoms with van der Waals surface area (Å²) in [6, 6.07) is -0.843. The summed E-state index contributed by atoms with van der Waals surface area (Å²) in [7, 11) is 1.57. The van der Waals surface area contributed by atoms with E-state index in [-0.39, 0.29) is 19.1 Å². The summed E-state index contributed by atoms with van der Waals surface area (Å²) in [6.45, 7) is 3.90. The summed E-state index contributed by atoms with van der Waals surface area (Å²) < 4.78 is 22.9. The fraction of sp³-hybridized carbons (Fsp3) is 0.929. The van der Waals surface area contributed by atoms with Crippen molar-refractivity contribution in [2.45, 2.75) is 212 Å². The molecule has 0 saturated carbocycles. The number of nitrogens with one attached hydrogen (secondary N) is 1. The van der Waals surface area contributed by atoms with Crippen LogP contribution in [-0.2, 0) is 18.4 Å². The number of hydrogen-bond acceptors (Lipinski definition) is 5. The molecule has 8 nitrogen and oxygen atoms in total. The summed E-state index contributed by atoms with van der Waals surface area (Å²) in [5, 5.41) is 13.1. The molecule has 9 heteroatoms. The zero-order valence-electron chi connectivity index (χ0n) is 34.4. The van der Waals surface area contributed by atoms with Crippen molar-refractivity contribution in [1.82, 2.24) is 5.32 Å². The van der Waals surface area contributed by atoms with Crippen LogP contribution in [0.3, 0.4) is 0 Å². The van der Waals surface area contributed by atoms with Crippen LogP contribution in [0.1, 0.15) is 200 Å². The van der Waals surface area contributed by atoms with Crippen LogP contribution in [0.2, 0.25) is 0 Å². The minimum atomic E-state index is -4.29. The third-order valence-corrected chi connectivity index (χ3v) is 10.8. The average molecular weight is 746 g/mol. The first-order chi connectivity index (χ1) is 24.5. The Hall–Kier alpha value is -0.760. The Bertz CT molecular complexity index is 850. The number of amides is 1. The van der Waals surface area contributed by atoms with Gasteiger partial charge in [0.05, 0.1) is 39.9 Å². The van der Waals surface area contributed by atoms with E-state index in [1.807, 2.05) is 27.2 Å². The maximum absolute atomic E-state index is 12.2. The molecule has 0 aromatic carbocycles. The van der Waals surface area contributed by atoms with Crippen LogP contribution >= 0.6 is 7.82 Å². The Morgan fingerprint density at radius 3 is 1.33 bits per heavy atom. The lowest BCUT2D eigenvalue weighted by Crippen LogP contribution is -2.44. The first kappa shape index (κ1) is 50.2. The van der Waals surface area contributed by atoms with E-state index in [2.05, 4.69) is 12.2 Å². The van der Waals surface area contributed by atoms with E-state index >= 15 is 0 Å². The molecule has 0 rings (SSSR count). The molecule has 3 N–H and O–H groups in total. The summed E-state index contributed by atoms with van der Waals surface area (Å²) in [5.74, 6) is -0.351. The molecule has 0 bridgehead atoms. The lowest BCUT2D eigenvalue weighted by Gasteiger charge is -2.25. The van der Waals surface area contributed by atoms with Gasteiger partial charge < -0.3 is 19.8 Å². The van der Waals surface area contributed by atoms with Gasteiger partial charge in [-0.3, -0.25) is 13.8 Å². The van der Waals surface area contributed by atoms with E-state index in [0.29, 0.717) is 11.0 Å². The third kappa shape index (κ3) is 38.8.